The third kappa shape index (κ3) is 4.59. The summed E-state index contributed by atoms with van der Waals surface area (Å²) in [5, 5.41) is 2.89. The van der Waals surface area contributed by atoms with Crippen molar-refractivity contribution in [3.8, 4) is 5.75 Å². The van der Waals surface area contributed by atoms with E-state index in [2.05, 4.69) is 11.4 Å². The van der Waals surface area contributed by atoms with Gasteiger partial charge in [0.05, 0.1) is 6.61 Å². The highest BCUT2D eigenvalue weighted by atomic mass is 16.5. The van der Waals surface area contributed by atoms with Crippen molar-refractivity contribution in [2.24, 2.45) is 0 Å². The molecular weight excluding hydrogens is 302 g/mol. The van der Waals surface area contributed by atoms with Gasteiger partial charge in [-0.05, 0) is 68.1 Å². The van der Waals surface area contributed by atoms with Gasteiger partial charge in [-0.1, -0.05) is 18.2 Å². The lowest BCUT2D eigenvalue weighted by Crippen LogP contribution is -2.30. The molecule has 0 aliphatic carbocycles. The molecule has 1 unspecified atom stereocenters. The molecule has 0 saturated heterocycles. The number of anilines is 1. The number of hydrogen-bond donors (Lipinski definition) is 1. The normalized spacial score (nSPS) is 11.9. The number of methoxy groups -OCH3 is 1. The number of nitrogens with one attached hydrogen (secondary N) is 1. The fourth-order valence-corrected chi connectivity index (χ4v) is 2.52. The number of ether oxygens (including phenoxy) is 2. The number of hydrogen-bond acceptors (Lipinski definition) is 3. The SMILES string of the molecule is COCc1cccc(NC(=O)C(C)Oc2cc(C)cc(C)c2C)c1. The van der Waals surface area contributed by atoms with E-state index in [9.17, 15) is 4.79 Å². The fraction of sp³-hybridized carbons (Fsp3) is 0.350. The van der Waals surface area contributed by atoms with E-state index in [0.29, 0.717) is 6.61 Å². The van der Waals surface area contributed by atoms with E-state index in [-0.39, 0.29) is 5.91 Å². The van der Waals surface area contributed by atoms with Crippen molar-refractivity contribution in [3.63, 3.8) is 0 Å². The Balaban J connectivity index is 2.06. The van der Waals surface area contributed by atoms with Gasteiger partial charge >= 0.3 is 0 Å². The Hall–Kier alpha value is -2.33. The molecule has 0 aliphatic heterocycles. The molecule has 1 N–H and O–H groups in total. The molecule has 1 amide bonds. The number of aryl methyl sites for hydroxylation is 2. The van der Waals surface area contributed by atoms with Gasteiger partial charge in [-0.25, -0.2) is 0 Å². The first-order valence-corrected chi connectivity index (χ1v) is 8.04. The van der Waals surface area contributed by atoms with Crippen LogP contribution in [0.4, 0.5) is 5.69 Å². The number of carbonyl (C=O) groups excluding carboxylic acids is 1. The van der Waals surface area contributed by atoms with E-state index >= 15 is 0 Å². The number of amides is 1. The monoisotopic (exact) mass is 327 g/mol. The summed E-state index contributed by atoms with van der Waals surface area (Å²) in [4.78, 5) is 12.4. The molecule has 0 aliphatic rings. The van der Waals surface area contributed by atoms with Crippen LogP contribution in [0.1, 0.15) is 29.2 Å². The molecule has 4 nitrogen and oxygen atoms in total. The van der Waals surface area contributed by atoms with Crippen molar-refractivity contribution < 1.29 is 14.3 Å². The minimum Gasteiger partial charge on any atom is -0.481 e. The summed E-state index contributed by atoms with van der Waals surface area (Å²) in [6.07, 6.45) is -0.587. The van der Waals surface area contributed by atoms with E-state index in [1.165, 1.54) is 0 Å². The van der Waals surface area contributed by atoms with Crippen LogP contribution in [0.5, 0.6) is 5.75 Å². The van der Waals surface area contributed by atoms with Crippen LogP contribution in [0.25, 0.3) is 0 Å². The average molecular weight is 327 g/mol. The van der Waals surface area contributed by atoms with Crippen LogP contribution in [0, 0.1) is 20.8 Å². The maximum atomic E-state index is 12.4. The maximum Gasteiger partial charge on any atom is 0.265 e. The third-order valence-electron chi connectivity index (χ3n) is 3.94. The molecule has 1 atom stereocenters. The second kappa shape index (κ2) is 7.97. The van der Waals surface area contributed by atoms with Crippen molar-refractivity contribution in [1.82, 2.24) is 0 Å². The third-order valence-corrected chi connectivity index (χ3v) is 3.94. The lowest BCUT2D eigenvalue weighted by Gasteiger charge is -2.18. The molecule has 0 fully saturated rings. The van der Waals surface area contributed by atoms with Crippen LogP contribution in [0.15, 0.2) is 36.4 Å². The topological polar surface area (TPSA) is 47.6 Å². The van der Waals surface area contributed by atoms with Gasteiger partial charge in [0, 0.05) is 12.8 Å². The van der Waals surface area contributed by atoms with Crippen molar-refractivity contribution >= 4 is 11.6 Å². The summed E-state index contributed by atoms with van der Waals surface area (Å²) in [6.45, 7) is 8.33. The zero-order chi connectivity index (χ0) is 17.7. The summed E-state index contributed by atoms with van der Waals surface area (Å²) in [7, 11) is 1.65. The summed E-state index contributed by atoms with van der Waals surface area (Å²) in [5.41, 5.74) is 5.08. The summed E-state index contributed by atoms with van der Waals surface area (Å²) in [5.74, 6) is 0.575. The minimum atomic E-state index is -0.587. The average Bonchev–Trinajstić information content (AvgIpc) is 2.52. The quantitative estimate of drug-likeness (QED) is 0.866. The van der Waals surface area contributed by atoms with E-state index in [1.54, 1.807) is 14.0 Å². The molecular formula is C20H25NO3. The number of benzene rings is 2. The van der Waals surface area contributed by atoms with Gasteiger partial charge in [0.1, 0.15) is 5.75 Å². The molecule has 128 valence electrons. The van der Waals surface area contributed by atoms with Crippen LogP contribution in [-0.4, -0.2) is 19.1 Å². The van der Waals surface area contributed by atoms with Crippen molar-refractivity contribution in [3.05, 3.63) is 58.7 Å². The van der Waals surface area contributed by atoms with E-state index in [0.717, 1.165) is 33.7 Å². The molecule has 2 aromatic carbocycles. The van der Waals surface area contributed by atoms with E-state index in [4.69, 9.17) is 9.47 Å². The van der Waals surface area contributed by atoms with Gasteiger partial charge < -0.3 is 14.8 Å². The molecule has 0 heterocycles. The van der Waals surface area contributed by atoms with Crippen LogP contribution < -0.4 is 10.1 Å². The molecule has 2 rings (SSSR count). The van der Waals surface area contributed by atoms with Gasteiger partial charge in [0.15, 0.2) is 6.10 Å². The molecule has 4 heteroatoms. The molecule has 24 heavy (non-hydrogen) atoms. The van der Waals surface area contributed by atoms with Crippen LogP contribution in [0.2, 0.25) is 0 Å². The fourth-order valence-electron chi connectivity index (χ4n) is 2.52. The maximum absolute atomic E-state index is 12.4. The van der Waals surface area contributed by atoms with Crippen LogP contribution >= 0.6 is 0 Å². The highest BCUT2D eigenvalue weighted by Crippen LogP contribution is 2.24. The summed E-state index contributed by atoms with van der Waals surface area (Å²) < 4.78 is 11.0. The smallest absolute Gasteiger partial charge is 0.265 e. The van der Waals surface area contributed by atoms with Gasteiger partial charge in [-0.2, -0.15) is 0 Å². The minimum absolute atomic E-state index is 0.178. The summed E-state index contributed by atoms with van der Waals surface area (Å²) in [6, 6.07) is 11.7. The molecule has 0 saturated carbocycles. The second-order valence-corrected chi connectivity index (χ2v) is 6.09. The number of carbonyl (C=O) groups is 1. The van der Waals surface area contributed by atoms with Crippen molar-refractivity contribution in [2.45, 2.75) is 40.4 Å². The van der Waals surface area contributed by atoms with Crippen LogP contribution in [-0.2, 0) is 16.1 Å². The van der Waals surface area contributed by atoms with E-state index in [1.807, 2.05) is 51.1 Å². The Morgan fingerprint density at radius 3 is 2.62 bits per heavy atom. The van der Waals surface area contributed by atoms with E-state index < -0.39 is 6.10 Å². The standard InChI is InChI=1S/C20H25NO3/c1-13-9-14(2)15(3)19(10-13)24-16(4)20(22)21-18-8-6-7-17(11-18)12-23-5/h6-11,16H,12H2,1-5H3,(H,21,22). The predicted octanol–water partition coefficient (Wildman–Crippen LogP) is 4.16. The van der Waals surface area contributed by atoms with Gasteiger partial charge in [0.2, 0.25) is 0 Å². The molecule has 0 spiro atoms. The highest BCUT2D eigenvalue weighted by molar-refractivity contribution is 5.94. The zero-order valence-electron chi connectivity index (χ0n) is 15.0. The Morgan fingerprint density at radius 1 is 1.17 bits per heavy atom. The predicted molar refractivity (Wildman–Crippen MR) is 96.5 cm³/mol. The first-order valence-electron chi connectivity index (χ1n) is 8.04. The summed E-state index contributed by atoms with van der Waals surface area (Å²) >= 11 is 0. The Bertz CT molecular complexity index is 725. The lowest BCUT2D eigenvalue weighted by atomic mass is 10.1. The number of rotatable bonds is 6. The van der Waals surface area contributed by atoms with Crippen molar-refractivity contribution in [1.29, 1.82) is 0 Å². The molecule has 2 aromatic rings. The molecule has 0 radical (unpaired) electrons. The van der Waals surface area contributed by atoms with Gasteiger partial charge in [-0.3, -0.25) is 4.79 Å². The Labute approximate surface area is 143 Å². The highest BCUT2D eigenvalue weighted by Gasteiger charge is 2.17. The molecule has 0 aromatic heterocycles. The lowest BCUT2D eigenvalue weighted by molar-refractivity contribution is -0.122. The first kappa shape index (κ1) is 18.0. The second-order valence-electron chi connectivity index (χ2n) is 6.09. The Morgan fingerprint density at radius 2 is 1.92 bits per heavy atom. The van der Waals surface area contributed by atoms with Gasteiger partial charge in [0.25, 0.3) is 5.91 Å². The van der Waals surface area contributed by atoms with Crippen LogP contribution in [0.3, 0.4) is 0 Å². The molecule has 0 bridgehead atoms. The van der Waals surface area contributed by atoms with Gasteiger partial charge in [-0.15, -0.1) is 0 Å². The van der Waals surface area contributed by atoms with Crippen molar-refractivity contribution in [2.75, 3.05) is 12.4 Å². The largest absolute Gasteiger partial charge is 0.481 e. The first-order chi connectivity index (χ1) is 11.4. The zero-order valence-corrected chi connectivity index (χ0v) is 15.0. The Kier molecular flexibility index (Phi) is 5.99.